The summed E-state index contributed by atoms with van der Waals surface area (Å²) in [5.74, 6) is 1.35. The van der Waals surface area contributed by atoms with E-state index < -0.39 is 0 Å². The molecule has 1 aliphatic carbocycles. The Bertz CT molecular complexity index is 674. The van der Waals surface area contributed by atoms with Gasteiger partial charge in [0.15, 0.2) is 5.96 Å². The Balaban J connectivity index is 1.48. The van der Waals surface area contributed by atoms with E-state index >= 15 is 0 Å². The number of aliphatic imine (C=N–C) groups is 1. The average molecular weight is 393 g/mol. The number of hydrogen-bond acceptors (Lipinski definition) is 3. The Labute approximate surface area is 166 Å². The third-order valence-corrected chi connectivity index (χ3v) is 5.30. The zero-order chi connectivity index (χ0) is 19.2. The third kappa shape index (κ3) is 5.51. The lowest BCUT2D eigenvalue weighted by Gasteiger charge is -2.32. The minimum Gasteiger partial charge on any atom is -0.450 e. The van der Waals surface area contributed by atoms with Gasteiger partial charge in [-0.2, -0.15) is 0 Å². The molecule has 1 aromatic carbocycles. The first-order valence-corrected chi connectivity index (χ1v) is 10.2. The third-order valence-electron chi connectivity index (χ3n) is 5.07. The van der Waals surface area contributed by atoms with Gasteiger partial charge in [0.2, 0.25) is 0 Å². The first-order chi connectivity index (χ1) is 13.1. The van der Waals surface area contributed by atoms with Crippen molar-refractivity contribution in [1.29, 1.82) is 0 Å². The largest absolute Gasteiger partial charge is 0.450 e. The Morgan fingerprint density at radius 2 is 2.07 bits per heavy atom. The highest BCUT2D eigenvalue weighted by Crippen LogP contribution is 2.41. The van der Waals surface area contributed by atoms with Crippen LogP contribution in [0.3, 0.4) is 0 Å². The summed E-state index contributed by atoms with van der Waals surface area (Å²) < 4.78 is 5.08. The molecule has 1 saturated carbocycles. The van der Waals surface area contributed by atoms with E-state index in [0.29, 0.717) is 37.7 Å². The van der Waals surface area contributed by atoms with Gasteiger partial charge < -0.3 is 20.3 Å². The Kier molecular flexibility index (Phi) is 6.83. The van der Waals surface area contributed by atoms with Gasteiger partial charge in [-0.05, 0) is 50.8 Å². The highest BCUT2D eigenvalue weighted by Gasteiger charge is 2.39. The number of carbonyl (C=O) groups excluding carboxylic acids is 1. The van der Waals surface area contributed by atoms with Crippen LogP contribution in [0.4, 0.5) is 4.79 Å². The van der Waals surface area contributed by atoms with Gasteiger partial charge >= 0.3 is 6.09 Å². The summed E-state index contributed by atoms with van der Waals surface area (Å²) >= 11 is 6.11. The second-order valence-corrected chi connectivity index (χ2v) is 7.51. The maximum Gasteiger partial charge on any atom is 0.409 e. The summed E-state index contributed by atoms with van der Waals surface area (Å²) in [5, 5.41) is 7.87. The summed E-state index contributed by atoms with van der Waals surface area (Å²) in [6.07, 6.45) is 2.67. The van der Waals surface area contributed by atoms with Crippen LogP contribution in [0, 0.1) is 0 Å². The molecule has 7 heteroatoms. The lowest BCUT2D eigenvalue weighted by atomic mass is 10.1. The van der Waals surface area contributed by atoms with Gasteiger partial charge in [0.25, 0.3) is 0 Å². The van der Waals surface area contributed by atoms with Crippen molar-refractivity contribution in [3.63, 3.8) is 0 Å². The van der Waals surface area contributed by atoms with Crippen LogP contribution in [0.1, 0.15) is 44.6 Å². The van der Waals surface area contributed by atoms with Gasteiger partial charge in [-0.1, -0.05) is 23.7 Å². The predicted octanol–water partition coefficient (Wildman–Crippen LogP) is 3.37. The average Bonchev–Trinajstić information content (AvgIpc) is 3.42. The lowest BCUT2D eigenvalue weighted by Crippen LogP contribution is -2.50. The van der Waals surface area contributed by atoms with Crippen molar-refractivity contribution < 1.29 is 9.53 Å². The van der Waals surface area contributed by atoms with Crippen LogP contribution in [0.15, 0.2) is 29.3 Å². The summed E-state index contributed by atoms with van der Waals surface area (Å²) in [5.41, 5.74) is 1.28. The van der Waals surface area contributed by atoms with E-state index in [9.17, 15) is 4.79 Å². The number of piperidine rings is 1. The van der Waals surface area contributed by atoms with Crippen molar-refractivity contribution in [2.45, 2.75) is 51.1 Å². The molecule has 3 rings (SSSR count). The molecule has 2 atom stereocenters. The molecule has 2 N–H and O–H groups in total. The molecule has 0 spiro atoms. The topological polar surface area (TPSA) is 66.0 Å². The molecule has 1 heterocycles. The number of hydrogen-bond donors (Lipinski definition) is 2. The molecule has 2 fully saturated rings. The maximum absolute atomic E-state index is 11.8. The number of carbonyl (C=O) groups is 1. The number of rotatable bonds is 5. The Hall–Kier alpha value is -1.95. The molecule has 6 nitrogen and oxygen atoms in total. The predicted molar refractivity (Wildman–Crippen MR) is 108 cm³/mol. The number of ether oxygens (including phenoxy) is 1. The second-order valence-electron chi connectivity index (χ2n) is 7.08. The van der Waals surface area contributed by atoms with E-state index in [2.05, 4.69) is 21.7 Å². The van der Waals surface area contributed by atoms with Gasteiger partial charge in [0.1, 0.15) is 0 Å². The summed E-state index contributed by atoms with van der Waals surface area (Å²) in [6.45, 7) is 6.44. The van der Waals surface area contributed by atoms with Gasteiger partial charge in [0, 0.05) is 42.7 Å². The van der Waals surface area contributed by atoms with Gasteiger partial charge in [-0.25, -0.2) is 4.79 Å². The first-order valence-electron chi connectivity index (χ1n) is 9.85. The van der Waals surface area contributed by atoms with E-state index in [1.54, 1.807) is 4.90 Å². The fourth-order valence-electron chi connectivity index (χ4n) is 3.54. The molecule has 2 unspecified atom stereocenters. The number of guanidine groups is 1. The molecule has 1 aliphatic heterocycles. The normalized spacial score (nSPS) is 23.1. The fourth-order valence-corrected chi connectivity index (χ4v) is 3.74. The van der Waals surface area contributed by atoms with Gasteiger partial charge in [-0.3, -0.25) is 4.99 Å². The van der Waals surface area contributed by atoms with Crippen LogP contribution < -0.4 is 10.6 Å². The number of nitrogens with one attached hydrogen (secondary N) is 2. The summed E-state index contributed by atoms with van der Waals surface area (Å²) in [6, 6.07) is 8.79. The molecular formula is C20H29ClN4O2. The highest BCUT2D eigenvalue weighted by atomic mass is 35.5. The quantitative estimate of drug-likeness (QED) is 0.595. The fraction of sp³-hybridized carbons (Fsp3) is 0.600. The molecule has 148 valence electrons. The SMILES string of the molecule is CCN=C(NC1CCN(C(=O)OCC)CC1)NC1CC1c1cccc(Cl)c1. The number of nitrogens with zero attached hydrogens (tertiary/aromatic N) is 2. The van der Waals surface area contributed by atoms with E-state index in [1.165, 1.54) is 5.56 Å². The van der Waals surface area contributed by atoms with E-state index in [0.717, 1.165) is 36.8 Å². The van der Waals surface area contributed by atoms with Crippen LogP contribution in [0.25, 0.3) is 0 Å². The number of amides is 1. The second kappa shape index (κ2) is 9.31. The Morgan fingerprint density at radius 3 is 2.74 bits per heavy atom. The van der Waals surface area contributed by atoms with E-state index in [4.69, 9.17) is 16.3 Å². The van der Waals surface area contributed by atoms with Crippen LogP contribution in [-0.4, -0.2) is 55.3 Å². The molecule has 0 radical (unpaired) electrons. The molecule has 27 heavy (non-hydrogen) atoms. The van der Waals surface area contributed by atoms with Crippen molar-refractivity contribution in [2.75, 3.05) is 26.2 Å². The van der Waals surface area contributed by atoms with Gasteiger partial charge in [0.05, 0.1) is 6.61 Å². The molecule has 0 bridgehead atoms. The minimum absolute atomic E-state index is 0.209. The summed E-state index contributed by atoms with van der Waals surface area (Å²) in [4.78, 5) is 18.2. The monoisotopic (exact) mass is 392 g/mol. The standard InChI is InChI=1S/C20H29ClN4O2/c1-3-22-19(23-16-8-10-25(11-9-16)20(26)27-4-2)24-18-13-17(18)14-6-5-7-15(21)12-14/h5-7,12,16-18H,3-4,8-11,13H2,1-2H3,(H2,22,23,24). The van der Waals surface area contributed by atoms with Crippen LogP contribution in [0.5, 0.6) is 0 Å². The van der Waals surface area contributed by atoms with Gasteiger partial charge in [-0.15, -0.1) is 0 Å². The highest BCUT2D eigenvalue weighted by molar-refractivity contribution is 6.30. The Morgan fingerprint density at radius 1 is 1.30 bits per heavy atom. The van der Waals surface area contributed by atoms with Crippen molar-refractivity contribution in [2.24, 2.45) is 4.99 Å². The van der Waals surface area contributed by atoms with Crippen LogP contribution in [0.2, 0.25) is 5.02 Å². The van der Waals surface area contributed by atoms with E-state index in [-0.39, 0.29) is 6.09 Å². The maximum atomic E-state index is 11.8. The van der Waals surface area contributed by atoms with Crippen molar-refractivity contribution in [1.82, 2.24) is 15.5 Å². The number of halogens is 1. The summed E-state index contributed by atoms with van der Waals surface area (Å²) in [7, 11) is 0. The van der Waals surface area contributed by atoms with Crippen molar-refractivity contribution in [3.8, 4) is 0 Å². The smallest absolute Gasteiger partial charge is 0.409 e. The first kappa shape index (κ1) is 19.8. The zero-order valence-electron chi connectivity index (χ0n) is 16.1. The van der Waals surface area contributed by atoms with Crippen LogP contribution in [-0.2, 0) is 4.74 Å². The molecule has 1 aromatic rings. The van der Waals surface area contributed by atoms with Crippen molar-refractivity contribution in [3.05, 3.63) is 34.9 Å². The molecule has 0 aromatic heterocycles. The van der Waals surface area contributed by atoms with Crippen LogP contribution >= 0.6 is 11.6 Å². The zero-order valence-corrected chi connectivity index (χ0v) is 16.8. The molecule has 1 amide bonds. The lowest BCUT2D eigenvalue weighted by molar-refractivity contribution is 0.0963. The number of likely N-dealkylation sites (tertiary alicyclic amines) is 1. The van der Waals surface area contributed by atoms with E-state index in [1.807, 2.05) is 32.0 Å². The van der Waals surface area contributed by atoms with Crippen molar-refractivity contribution >= 4 is 23.7 Å². The number of benzene rings is 1. The molecular weight excluding hydrogens is 364 g/mol. The molecule has 2 aliphatic rings. The minimum atomic E-state index is -0.209. The molecule has 1 saturated heterocycles.